The number of hydrogen-bond acceptors (Lipinski definition) is 3. The molecule has 1 unspecified atom stereocenters. The Hall–Kier alpha value is -2.01. The quantitative estimate of drug-likeness (QED) is 0.906. The van der Waals surface area contributed by atoms with Crippen LogP contribution in [0.4, 0.5) is 14.5 Å². The molecule has 110 valence electrons. The predicted octanol–water partition coefficient (Wildman–Crippen LogP) is 4.49. The van der Waals surface area contributed by atoms with Crippen LogP contribution in [-0.4, -0.2) is 13.2 Å². The molecule has 2 aromatic carbocycles. The zero-order valence-corrected chi connectivity index (χ0v) is 11.6. The molecule has 1 aliphatic heterocycles. The number of rotatable bonds is 3. The number of halogens is 3. The lowest BCUT2D eigenvalue weighted by Gasteiger charge is -2.29. The van der Waals surface area contributed by atoms with E-state index in [2.05, 4.69) is 10.1 Å². The van der Waals surface area contributed by atoms with E-state index in [1.165, 1.54) is 6.07 Å². The van der Waals surface area contributed by atoms with Gasteiger partial charge < -0.3 is 14.8 Å². The van der Waals surface area contributed by atoms with Crippen LogP contribution in [0.15, 0.2) is 42.5 Å². The summed E-state index contributed by atoms with van der Waals surface area (Å²) in [5.41, 5.74) is 1.34. The van der Waals surface area contributed by atoms with Crippen molar-refractivity contribution in [2.45, 2.75) is 12.7 Å². The SMILES string of the molecule is FC(F)Oc1ccccc1C1CNc2cccc(Cl)c2O1. The van der Waals surface area contributed by atoms with E-state index in [9.17, 15) is 8.78 Å². The number of alkyl halides is 2. The first-order valence-corrected chi connectivity index (χ1v) is 6.75. The standard InChI is InChI=1S/C15H12ClF2NO2/c16-10-5-3-6-11-14(10)20-13(8-19-11)9-4-1-2-7-12(9)21-15(17)18/h1-7,13,15,19H,8H2. The monoisotopic (exact) mass is 311 g/mol. The molecular formula is C15H12ClF2NO2. The van der Waals surface area contributed by atoms with Gasteiger partial charge in [-0.1, -0.05) is 35.9 Å². The van der Waals surface area contributed by atoms with Crippen molar-refractivity contribution in [3.63, 3.8) is 0 Å². The molecule has 1 heterocycles. The maximum absolute atomic E-state index is 12.5. The second kappa shape index (κ2) is 5.77. The Labute approximate surface area is 125 Å². The number of hydrogen-bond donors (Lipinski definition) is 1. The predicted molar refractivity (Wildman–Crippen MR) is 76.4 cm³/mol. The van der Waals surface area contributed by atoms with E-state index < -0.39 is 12.7 Å². The van der Waals surface area contributed by atoms with Gasteiger partial charge in [-0.2, -0.15) is 8.78 Å². The van der Waals surface area contributed by atoms with Crippen LogP contribution in [0.3, 0.4) is 0 Å². The summed E-state index contributed by atoms with van der Waals surface area (Å²) in [7, 11) is 0. The molecule has 2 aromatic rings. The number of fused-ring (bicyclic) bond motifs is 1. The van der Waals surface area contributed by atoms with Crippen LogP contribution in [0.1, 0.15) is 11.7 Å². The first-order chi connectivity index (χ1) is 10.1. The number of ether oxygens (including phenoxy) is 2. The minimum atomic E-state index is -2.88. The van der Waals surface area contributed by atoms with Gasteiger partial charge in [0.2, 0.25) is 0 Å². The van der Waals surface area contributed by atoms with Crippen molar-refractivity contribution in [3.05, 3.63) is 53.1 Å². The second-order valence-electron chi connectivity index (χ2n) is 4.52. The normalized spacial score (nSPS) is 16.9. The van der Waals surface area contributed by atoms with Crippen molar-refractivity contribution in [2.75, 3.05) is 11.9 Å². The van der Waals surface area contributed by atoms with Crippen LogP contribution < -0.4 is 14.8 Å². The van der Waals surface area contributed by atoms with Gasteiger partial charge in [0.25, 0.3) is 0 Å². The van der Waals surface area contributed by atoms with E-state index in [1.54, 1.807) is 24.3 Å². The molecule has 6 heteroatoms. The van der Waals surface area contributed by atoms with E-state index in [0.29, 0.717) is 22.9 Å². The number of benzene rings is 2. The van der Waals surface area contributed by atoms with Crippen molar-refractivity contribution in [1.29, 1.82) is 0 Å². The average molecular weight is 312 g/mol. The van der Waals surface area contributed by atoms with E-state index in [-0.39, 0.29) is 5.75 Å². The van der Waals surface area contributed by atoms with E-state index in [4.69, 9.17) is 16.3 Å². The fourth-order valence-electron chi connectivity index (χ4n) is 2.28. The van der Waals surface area contributed by atoms with Crippen molar-refractivity contribution >= 4 is 17.3 Å². The third kappa shape index (κ3) is 2.88. The van der Waals surface area contributed by atoms with E-state index in [1.807, 2.05) is 12.1 Å². The van der Waals surface area contributed by atoms with Gasteiger partial charge in [0, 0.05) is 5.56 Å². The molecule has 0 radical (unpaired) electrons. The molecule has 0 fully saturated rings. The van der Waals surface area contributed by atoms with Crippen LogP contribution in [0.2, 0.25) is 5.02 Å². The molecule has 0 spiro atoms. The largest absolute Gasteiger partial charge is 0.480 e. The van der Waals surface area contributed by atoms with Crippen LogP contribution in [0.25, 0.3) is 0 Å². The molecule has 1 N–H and O–H groups in total. The third-order valence-corrected chi connectivity index (χ3v) is 3.48. The first-order valence-electron chi connectivity index (χ1n) is 6.38. The minimum Gasteiger partial charge on any atom is -0.480 e. The highest BCUT2D eigenvalue weighted by Gasteiger charge is 2.25. The summed E-state index contributed by atoms with van der Waals surface area (Å²) < 4.78 is 35.3. The Morgan fingerprint density at radius 1 is 1.19 bits per heavy atom. The number of para-hydroxylation sites is 2. The summed E-state index contributed by atoms with van der Waals surface area (Å²) in [6, 6.07) is 12.0. The van der Waals surface area contributed by atoms with E-state index >= 15 is 0 Å². The van der Waals surface area contributed by atoms with Gasteiger partial charge >= 0.3 is 6.61 Å². The van der Waals surface area contributed by atoms with Gasteiger partial charge in [-0.15, -0.1) is 0 Å². The Balaban J connectivity index is 1.91. The number of anilines is 1. The number of nitrogens with one attached hydrogen (secondary N) is 1. The molecule has 0 saturated carbocycles. The maximum Gasteiger partial charge on any atom is 0.387 e. The molecule has 0 bridgehead atoms. The third-order valence-electron chi connectivity index (χ3n) is 3.19. The van der Waals surface area contributed by atoms with Gasteiger partial charge in [0.1, 0.15) is 11.9 Å². The lowest BCUT2D eigenvalue weighted by Crippen LogP contribution is -2.24. The van der Waals surface area contributed by atoms with Crippen LogP contribution in [-0.2, 0) is 0 Å². The summed E-state index contributed by atoms with van der Waals surface area (Å²) in [5, 5.41) is 3.65. The summed E-state index contributed by atoms with van der Waals surface area (Å²) in [6.07, 6.45) is -0.452. The minimum absolute atomic E-state index is 0.106. The van der Waals surface area contributed by atoms with Crippen LogP contribution in [0, 0.1) is 0 Å². The molecule has 1 atom stereocenters. The van der Waals surface area contributed by atoms with Crippen molar-refractivity contribution in [1.82, 2.24) is 0 Å². The summed E-state index contributed by atoms with van der Waals surface area (Å²) >= 11 is 6.10. The Bertz CT molecular complexity index is 651. The van der Waals surface area contributed by atoms with Gasteiger partial charge in [-0.25, -0.2) is 0 Å². The summed E-state index contributed by atoms with van der Waals surface area (Å²) in [5.74, 6) is 0.622. The molecular weight excluding hydrogens is 300 g/mol. The van der Waals surface area contributed by atoms with Gasteiger partial charge in [-0.3, -0.25) is 0 Å². The zero-order valence-electron chi connectivity index (χ0n) is 10.9. The molecule has 1 aliphatic rings. The lowest BCUT2D eigenvalue weighted by molar-refractivity contribution is -0.0513. The molecule has 0 aliphatic carbocycles. The van der Waals surface area contributed by atoms with E-state index in [0.717, 1.165) is 5.69 Å². The molecule has 0 aromatic heterocycles. The zero-order chi connectivity index (χ0) is 14.8. The highest BCUT2D eigenvalue weighted by molar-refractivity contribution is 6.32. The maximum atomic E-state index is 12.5. The fraction of sp³-hybridized carbons (Fsp3) is 0.200. The average Bonchev–Trinajstić information content (AvgIpc) is 2.47. The molecule has 21 heavy (non-hydrogen) atoms. The Morgan fingerprint density at radius 2 is 2.00 bits per heavy atom. The fourth-order valence-corrected chi connectivity index (χ4v) is 2.50. The lowest BCUT2D eigenvalue weighted by atomic mass is 10.1. The molecule has 3 rings (SSSR count). The van der Waals surface area contributed by atoms with Crippen molar-refractivity contribution < 1.29 is 18.3 Å². The van der Waals surface area contributed by atoms with Gasteiger partial charge in [0.15, 0.2) is 5.75 Å². The highest BCUT2D eigenvalue weighted by Crippen LogP contribution is 2.41. The summed E-state index contributed by atoms with van der Waals surface area (Å²) in [4.78, 5) is 0. The van der Waals surface area contributed by atoms with Crippen LogP contribution in [0.5, 0.6) is 11.5 Å². The Morgan fingerprint density at radius 3 is 2.81 bits per heavy atom. The first kappa shape index (κ1) is 13.9. The molecule has 0 amide bonds. The Kier molecular flexibility index (Phi) is 3.84. The van der Waals surface area contributed by atoms with Crippen LogP contribution >= 0.6 is 11.6 Å². The smallest absolute Gasteiger partial charge is 0.387 e. The van der Waals surface area contributed by atoms with Crippen molar-refractivity contribution in [3.8, 4) is 11.5 Å². The second-order valence-corrected chi connectivity index (χ2v) is 4.93. The van der Waals surface area contributed by atoms with Crippen molar-refractivity contribution in [2.24, 2.45) is 0 Å². The van der Waals surface area contributed by atoms with Gasteiger partial charge in [-0.05, 0) is 18.2 Å². The highest BCUT2D eigenvalue weighted by atomic mass is 35.5. The summed E-state index contributed by atoms with van der Waals surface area (Å²) in [6.45, 7) is -2.43. The molecule has 0 saturated heterocycles. The van der Waals surface area contributed by atoms with Gasteiger partial charge in [0.05, 0.1) is 17.3 Å². The molecule has 3 nitrogen and oxygen atoms in total. The topological polar surface area (TPSA) is 30.5 Å².